The van der Waals surface area contributed by atoms with Gasteiger partial charge in [0.1, 0.15) is 5.75 Å². The molecule has 3 aromatic rings. The van der Waals surface area contributed by atoms with Crippen LogP contribution in [-0.4, -0.2) is 13.0 Å². The van der Waals surface area contributed by atoms with Crippen molar-refractivity contribution < 1.29 is 17.2 Å². The zero-order valence-electron chi connectivity index (χ0n) is 9.74. The molecule has 3 rings (SSSR count). The van der Waals surface area contributed by atoms with Crippen LogP contribution in [0.25, 0.3) is 21.5 Å². The first kappa shape index (κ1) is 12.0. The summed E-state index contributed by atoms with van der Waals surface area (Å²) in [6.45, 7) is 0. The number of fused-ring (bicyclic) bond motifs is 3. The fraction of sp³-hybridized carbons (Fsp3) is 0. The summed E-state index contributed by atoms with van der Waals surface area (Å²) in [7, 11) is -4.79. The topological polar surface area (TPSA) is 66.4 Å². The maximum Gasteiger partial charge on any atom is 0.262 e. The molecule has 0 aliphatic heterocycles. The molecule has 0 saturated carbocycles. The van der Waals surface area contributed by atoms with Gasteiger partial charge in [0, 0.05) is 5.39 Å². The van der Waals surface area contributed by atoms with E-state index >= 15 is 0 Å². The van der Waals surface area contributed by atoms with Crippen LogP contribution in [-0.2, 0) is 10.4 Å². The molecule has 0 unspecified atom stereocenters. The van der Waals surface area contributed by atoms with E-state index in [9.17, 15) is 13.0 Å². The van der Waals surface area contributed by atoms with Gasteiger partial charge in [0.2, 0.25) is 0 Å². The third-order valence-electron chi connectivity index (χ3n) is 2.92. The van der Waals surface area contributed by atoms with Crippen molar-refractivity contribution in [3.8, 4) is 5.75 Å². The number of benzene rings is 3. The van der Waals surface area contributed by atoms with Crippen LogP contribution in [0.4, 0.5) is 0 Å². The lowest BCUT2D eigenvalue weighted by Crippen LogP contribution is -2.07. The second-order valence-corrected chi connectivity index (χ2v) is 5.12. The fourth-order valence-electron chi connectivity index (χ4n) is 2.20. The molecule has 0 atom stereocenters. The Bertz CT molecular complexity index is 869. The highest BCUT2D eigenvalue weighted by Crippen LogP contribution is 2.33. The monoisotopic (exact) mass is 273 g/mol. The van der Waals surface area contributed by atoms with Gasteiger partial charge in [-0.2, -0.15) is 0 Å². The maximum atomic E-state index is 10.8. The molecule has 3 aromatic carbocycles. The predicted molar refractivity (Wildman–Crippen MR) is 71.8 cm³/mol. The molecule has 0 N–H and O–H groups in total. The Morgan fingerprint density at radius 2 is 1.53 bits per heavy atom. The zero-order valence-corrected chi connectivity index (χ0v) is 10.6. The molecule has 0 aliphatic carbocycles. The van der Waals surface area contributed by atoms with E-state index < -0.39 is 10.4 Å². The van der Waals surface area contributed by atoms with E-state index in [1.165, 1.54) is 6.07 Å². The summed E-state index contributed by atoms with van der Waals surface area (Å²) >= 11 is 0. The van der Waals surface area contributed by atoms with Crippen molar-refractivity contribution in [2.24, 2.45) is 0 Å². The smallest absolute Gasteiger partial charge is 0.262 e. The minimum Gasteiger partial charge on any atom is -0.716 e. The van der Waals surface area contributed by atoms with Gasteiger partial charge in [0.25, 0.3) is 10.4 Å². The first-order valence-corrected chi connectivity index (χ1v) is 6.94. The first-order chi connectivity index (χ1) is 9.04. The highest BCUT2D eigenvalue weighted by Gasteiger charge is 2.08. The molecule has 0 amide bonds. The molecule has 0 saturated heterocycles. The van der Waals surface area contributed by atoms with Crippen LogP contribution < -0.4 is 4.18 Å². The van der Waals surface area contributed by atoms with Crippen LogP contribution in [0.1, 0.15) is 0 Å². The van der Waals surface area contributed by atoms with Gasteiger partial charge in [-0.1, -0.05) is 48.5 Å². The average molecular weight is 273 g/mol. The van der Waals surface area contributed by atoms with Gasteiger partial charge in [-0.05, 0) is 22.2 Å². The quantitative estimate of drug-likeness (QED) is 0.409. The van der Waals surface area contributed by atoms with Crippen LogP contribution in [0.5, 0.6) is 5.75 Å². The Morgan fingerprint density at radius 3 is 2.32 bits per heavy atom. The molecule has 0 heterocycles. The van der Waals surface area contributed by atoms with Crippen molar-refractivity contribution in [3.63, 3.8) is 0 Å². The summed E-state index contributed by atoms with van der Waals surface area (Å²) in [6.07, 6.45) is 0. The van der Waals surface area contributed by atoms with Crippen molar-refractivity contribution in [2.45, 2.75) is 0 Å². The van der Waals surface area contributed by atoms with E-state index in [1.807, 2.05) is 42.5 Å². The standard InChI is InChI=1S/C14H10O4S/c15-19(16,17)18-13-7-3-5-11-9-8-10-4-1-2-6-12(10)14(11)13/h1-9H,(H,15,16,17)/p-1. The van der Waals surface area contributed by atoms with Gasteiger partial charge < -0.3 is 8.74 Å². The predicted octanol–water partition coefficient (Wildman–Crippen LogP) is 2.83. The highest BCUT2D eigenvalue weighted by molar-refractivity contribution is 7.81. The summed E-state index contributed by atoms with van der Waals surface area (Å²) in [5.41, 5.74) is 0. The summed E-state index contributed by atoms with van der Waals surface area (Å²) in [5.74, 6) is 0.0595. The molecule has 0 bridgehead atoms. The van der Waals surface area contributed by atoms with Gasteiger partial charge >= 0.3 is 0 Å². The minimum atomic E-state index is -4.79. The first-order valence-electron chi connectivity index (χ1n) is 5.60. The molecule has 4 nitrogen and oxygen atoms in total. The Labute approximate surface area is 110 Å². The van der Waals surface area contributed by atoms with E-state index in [0.717, 1.165) is 16.2 Å². The van der Waals surface area contributed by atoms with Gasteiger partial charge in [0.05, 0.1) is 0 Å². The van der Waals surface area contributed by atoms with Crippen molar-refractivity contribution in [1.29, 1.82) is 0 Å². The largest absolute Gasteiger partial charge is 0.716 e. The summed E-state index contributed by atoms with van der Waals surface area (Å²) in [6, 6.07) is 16.3. The van der Waals surface area contributed by atoms with Crippen molar-refractivity contribution in [3.05, 3.63) is 54.6 Å². The number of rotatable bonds is 2. The van der Waals surface area contributed by atoms with Crippen LogP contribution in [0.2, 0.25) is 0 Å². The number of hydrogen-bond donors (Lipinski definition) is 0. The lowest BCUT2D eigenvalue weighted by atomic mass is 10.0. The Morgan fingerprint density at radius 1 is 0.842 bits per heavy atom. The van der Waals surface area contributed by atoms with Crippen molar-refractivity contribution in [1.82, 2.24) is 0 Å². The number of hydrogen-bond acceptors (Lipinski definition) is 4. The summed E-state index contributed by atoms with van der Waals surface area (Å²) in [5, 5.41) is 3.24. The summed E-state index contributed by atoms with van der Waals surface area (Å²) < 4.78 is 36.9. The Balaban J connectivity index is 2.42. The molecule has 19 heavy (non-hydrogen) atoms. The second-order valence-electron chi connectivity index (χ2n) is 4.13. The van der Waals surface area contributed by atoms with Crippen LogP contribution >= 0.6 is 0 Å². The van der Waals surface area contributed by atoms with E-state index in [4.69, 9.17) is 0 Å². The highest BCUT2D eigenvalue weighted by atomic mass is 32.3. The Kier molecular flexibility index (Phi) is 2.66. The fourth-order valence-corrected chi connectivity index (χ4v) is 2.56. The van der Waals surface area contributed by atoms with Gasteiger partial charge in [0.15, 0.2) is 0 Å². The second kappa shape index (κ2) is 4.22. The lowest BCUT2D eigenvalue weighted by molar-refractivity contribution is 0.374. The van der Waals surface area contributed by atoms with Crippen LogP contribution in [0, 0.1) is 0 Å². The SMILES string of the molecule is O=S(=O)([O-])Oc1cccc2ccc3ccccc3c12. The minimum absolute atomic E-state index is 0.0595. The van der Waals surface area contributed by atoms with Gasteiger partial charge in [-0.15, -0.1) is 0 Å². The molecular weight excluding hydrogens is 264 g/mol. The Hall–Kier alpha value is -2.11. The lowest BCUT2D eigenvalue weighted by Gasteiger charge is -2.13. The van der Waals surface area contributed by atoms with Crippen LogP contribution in [0.15, 0.2) is 54.6 Å². The average Bonchev–Trinajstić information content (AvgIpc) is 2.37. The zero-order chi connectivity index (χ0) is 13.5. The van der Waals surface area contributed by atoms with Crippen molar-refractivity contribution >= 4 is 31.9 Å². The van der Waals surface area contributed by atoms with Crippen molar-refractivity contribution in [2.75, 3.05) is 0 Å². The third-order valence-corrected chi connectivity index (χ3v) is 3.31. The molecule has 0 spiro atoms. The molecular formula is C14H9O4S-. The molecule has 0 radical (unpaired) electrons. The van der Waals surface area contributed by atoms with E-state index in [2.05, 4.69) is 4.18 Å². The van der Waals surface area contributed by atoms with Crippen LogP contribution in [0.3, 0.4) is 0 Å². The molecule has 96 valence electrons. The van der Waals surface area contributed by atoms with E-state index in [1.54, 1.807) is 6.07 Å². The molecule has 0 fully saturated rings. The van der Waals surface area contributed by atoms with E-state index in [0.29, 0.717) is 5.39 Å². The van der Waals surface area contributed by atoms with Gasteiger partial charge in [-0.25, -0.2) is 8.42 Å². The van der Waals surface area contributed by atoms with Gasteiger partial charge in [-0.3, -0.25) is 0 Å². The molecule has 5 heteroatoms. The maximum absolute atomic E-state index is 10.8. The third kappa shape index (κ3) is 2.25. The molecule has 0 aliphatic rings. The molecule has 0 aromatic heterocycles. The normalized spacial score (nSPS) is 11.8. The van der Waals surface area contributed by atoms with E-state index in [-0.39, 0.29) is 5.75 Å². The summed E-state index contributed by atoms with van der Waals surface area (Å²) in [4.78, 5) is 0.